The van der Waals surface area contributed by atoms with Crippen LogP contribution in [0.3, 0.4) is 0 Å². The number of Topliss-reactive ketones (excluding diaryl/α,β-unsaturated/α-hetero) is 2. The fourth-order valence-corrected chi connectivity index (χ4v) is 2.10. The monoisotopic (exact) mass is 202 g/mol. The number of hydrogen-bond acceptors (Lipinski definition) is 2. The van der Waals surface area contributed by atoms with Crippen molar-refractivity contribution in [3.8, 4) is 0 Å². The minimum Gasteiger partial charge on any atom is -0.299 e. The molecule has 0 aliphatic heterocycles. The third-order valence-electron chi connectivity index (χ3n) is 3.29. The molecule has 0 spiro atoms. The summed E-state index contributed by atoms with van der Waals surface area (Å²) in [6.45, 7) is 1.94. The van der Waals surface area contributed by atoms with E-state index in [0.29, 0.717) is 12.8 Å². The topological polar surface area (TPSA) is 34.1 Å². The minimum absolute atomic E-state index is 0.0601. The predicted octanol–water partition coefficient (Wildman–Crippen LogP) is 2.27. The molecule has 0 unspecified atom stereocenters. The maximum Gasteiger partial charge on any atom is 0.150 e. The third-order valence-corrected chi connectivity index (χ3v) is 3.29. The van der Waals surface area contributed by atoms with Crippen LogP contribution in [0.4, 0.5) is 0 Å². The van der Waals surface area contributed by atoms with E-state index in [1.807, 2.05) is 37.3 Å². The van der Waals surface area contributed by atoms with Gasteiger partial charge in [0.2, 0.25) is 0 Å². The minimum atomic E-state index is -0.449. The molecule has 15 heavy (non-hydrogen) atoms. The molecular formula is C13H14O2. The third kappa shape index (κ3) is 1.72. The number of benzene rings is 1. The molecule has 1 saturated carbocycles. The highest BCUT2D eigenvalue weighted by atomic mass is 16.1. The SMILES string of the molecule is C[C@]1(c2ccccc2)CCC(=O)CC1=O. The summed E-state index contributed by atoms with van der Waals surface area (Å²) >= 11 is 0. The standard InChI is InChI=1S/C13H14O2/c1-13(10-5-3-2-4-6-10)8-7-11(14)9-12(13)15/h2-6H,7-9H2,1H3/t13-/m1/s1. The van der Waals surface area contributed by atoms with Crippen LogP contribution in [0, 0.1) is 0 Å². The fraction of sp³-hybridized carbons (Fsp3) is 0.385. The van der Waals surface area contributed by atoms with E-state index in [1.165, 1.54) is 0 Å². The molecule has 1 aromatic rings. The number of carbonyl (C=O) groups excluding carboxylic acids is 2. The highest BCUT2D eigenvalue weighted by Crippen LogP contribution is 2.34. The molecule has 2 nitrogen and oxygen atoms in total. The first-order valence-corrected chi connectivity index (χ1v) is 5.23. The Labute approximate surface area is 89.3 Å². The van der Waals surface area contributed by atoms with Crippen molar-refractivity contribution in [1.29, 1.82) is 0 Å². The van der Waals surface area contributed by atoms with E-state index < -0.39 is 5.41 Å². The second-order valence-corrected chi connectivity index (χ2v) is 4.34. The van der Waals surface area contributed by atoms with Gasteiger partial charge in [-0.25, -0.2) is 0 Å². The maximum atomic E-state index is 11.9. The summed E-state index contributed by atoms with van der Waals surface area (Å²) in [4.78, 5) is 23.1. The van der Waals surface area contributed by atoms with Gasteiger partial charge in [-0.2, -0.15) is 0 Å². The van der Waals surface area contributed by atoms with Crippen LogP contribution in [-0.2, 0) is 15.0 Å². The van der Waals surface area contributed by atoms with Crippen LogP contribution in [0.15, 0.2) is 30.3 Å². The van der Waals surface area contributed by atoms with Crippen LogP contribution < -0.4 is 0 Å². The van der Waals surface area contributed by atoms with Gasteiger partial charge in [0.25, 0.3) is 0 Å². The first kappa shape index (κ1) is 10.1. The normalized spacial score (nSPS) is 26.7. The van der Waals surface area contributed by atoms with Gasteiger partial charge in [-0.3, -0.25) is 9.59 Å². The van der Waals surface area contributed by atoms with Crippen molar-refractivity contribution in [3.63, 3.8) is 0 Å². The average molecular weight is 202 g/mol. The molecule has 2 heteroatoms. The molecule has 1 aliphatic rings. The molecule has 0 saturated heterocycles. The zero-order valence-corrected chi connectivity index (χ0v) is 8.82. The van der Waals surface area contributed by atoms with Gasteiger partial charge in [-0.05, 0) is 18.9 Å². The molecule has 78 valence electrons. The highest BCUT2D eigenvalue weighted by Gasteiger charge is 2.39. The van der Waals surface area contributed by atoms with Crippen molar-refractivity contribution in [1.82, 2.24) is 0 Å². The smallest absolute Gasteiger partial charge is 0.150 e. The van der Waals surface area contributed by atoms with E-state index in [2.05, 4.69) is 0 Å². The predicted molar refractivity (Wildman–Crippen MR) is 57.7 cm³/mol. The number of rotatable bonds is 1. The molecular weight excluding hydrogens is 188 g/mol. The maximum absolute atomic E-state index is 11.9. The van der Waals surface area contributed by atoms with Crippen molar-refractivity contribution >= 4 is 11.6 Å². The zero-order chi connectivity index (χ0) is 10.9. The summed E-state index contributed by atoms with van der Waals surface area (Å²) in [5.41, 5.74) is 0.581. The number of ketones is 2. The van der Waals surface area contributed by atoms with E-state index in [1.54, 1.807) is 0 Å². The van der Waals surface area contributed by atoms with Crippen LogP contribution >= 0.6 is 0 Å². The van der Waals surface area contributed by atoms with Crippen LogP contribution in [0.2, 0.25) is 0 Å². The molecule has 1 atom stereocenters. The van der Waals surface area contributed by atoms with Gasteiger partial charge >= 0.3 is 0 Å². The van der Waals surface area contributed by atoms with Gasteiger partial charge in [0.05, 0.1) is 11.8 Å². The Balaban J connectivity index is 2.35. The van der Waals surface area contributed by atoms with Gasteiger partial charge in [0.15, 0.2) is 0 Å². The Bertz CT molecular complexity index is 394. The van der Waals surface area contributed by atoms with Crippen LogP contribution in [-0.4, -0.2) is 11.6 Å². The first-order chi connectivity index (χ1) is 7.13. The second kappa shape index (κ2) is 3.61. The Kier molecular flexibility index (Phi) is 2.43. The summed E-state index contributed by atoms with van der Waals surface area (Å²) < 4.78 is 0. The Morgan fingerprint density at radius 1 is 1.13 bits per heavy atom. The molecule has 0 amide bonds. The summed E-state index contributed by atoms with van der Waals surface area (Å²) in [6, 6.07) is 9.74. The molecule has 2 rings (SSSR count). The van der Waals surface area contributed by atoms with Crippen LogP contribution in [0.1, 0.15) is 31.7 Å². The molecule has 1 fully saturated rings. The van der Waals surface area contributed by atoms with Gasteiger partial charge in [-0.15, -0.1) is 0 Å². The lowest BCUT2D eigenvalue weighted by atomic mass is 9.70. The lowest BCUT2D eigenvalue weighted by molar-refractivity contribution is -0.133. The van der Waals surface area contributed by atoms with E-state index in [-0.39, 0.29) is 18.0 Å². The number of carbonyl (C=O) groups is 2. The molecule has 0 heterocycles. The van der Waals surface area contributed by atoms with Crippen molar-refractivity contribution in [2.75, 3.05) is 0 Å². The molecule has 0 aromatic heterocycles. The Hall–Kier alpha value is -1.44. The number of hydrogen-bond donors (Lipinski definition) is 0. The molecule has 1 aromatic carbocycles. The summed E-state index contributed by atoms with van der Waals surface area (Å²) in [7, 11) is 0. The Morgan fingerprint density at radius 2 is 1.80 bits per heavy atom. The molecule has 0 N–H and O–H groups in total. The van der Waals surface area contributed by atoms with E-state index >= 15 is 0 Å². The summed E-state index contributed by atoms with van der Waals surface area (Å²) in [6.07, 6.45) is 1.28. The highest BCUT2D eigenvalue weighted by molar-refractivity contribution is 6.06. The van der Waals surface area contributed by atoms with E-state index in [9.17, 15) is 9.59 Å². The largest absolute Gasteiger partial charge is 0.299 e. The van der Waals surface area contributed by atoms with Gasteiger partial charge in [-0.1, -0.05) is 30.3 Å². The zero-order valence-electron chi connectivity index (χ0n) is 8.82. The fourth-order valence-electron chi connectivity index (χ4n) is 2.10. The lowest BCUT2D eigenvalue weighted by Gasteiger charge is -2.31. The van der Waals surface area contributed by atoms with E-state index in [4.69, 9.17) is 0 Å². The Morgan fingerprint density at radius 3 is 2.40 bits per heavy atom. The molecule has 0 bridgehead atoms. The van der Waals surface area contributed by atoms with Crippen LogP contribution in [0.25, 0.3) is 0 Å². The average Bonchev–Trinajstić information content (AvgIpc) is 2.25. The summed E-state index contributed by atoms with van der Waals surface area (Å²) in [5, 5.41) is 0. The first-order valence-electron chi connectivity index (χ1n) is 5.23. The lowest BCUT2D eigenvalue weighted by Crippen LogP contribution is -2.38. The van der Waals surface area contributed by atoms with Gasteiger partial charge < -0.3 is 0 Å². The molecule has 0 radical (unpaired) electrons. The van der Waals surface area contributed by atoms with Gasteiger partial charge in [0, 0.05) is 6.42 Å². The summed E-state index contributed by atoms with van der Waals surface area (Å²) in [5.74, 6) is 0.137. The van der Waals surface area contributed by atoms with E-state index in [0.717, 1.165) is 5.56 Å². The van der Waals surface area contributed by atoms with Crippen molar-refractivity contribution in [2.45, 2.75) is 31.6 Å². The van der Waals surface area contributed by atoms with Crippen molar-refractivity contribution in [2.24, 2.45) is 0 Å². The molecule has 1 aliphatic carbocycles. The van der Waals surface area contributed by atoms with Crippen molar-refractivity contribution in [3.05, 3.63) is 35.9 Å². The second-order valence-electron chi connectivity index (χ2n) is 4.34. The quantitative estimate of drug-likeness (QED) is 0.655. The van der Waals surface area contributed by atoms with Gasteiger partial charge in [0.1, 0.15) is 11.6 Å². The van der Waals surface area contributed by atoms with Crippen LogP contribution in [0.5, 0.6) is 0 Å². The van der Waals surface area contributed by atoms with Crippen molar-refractivity contribution < 1.29 is 9.59 Å².